The lowest BCUT2D eigenvalue weighted by Gasteiger charge is -2.28. The minimum atomic E-state index is -1.18. The van der Waals surface area contributed by atoms with Gasteiger partial charge in [-0.3, -0.25) is 9.48 Å². The molecule has 0 spiro atoms. The number of hydrogen-bond donors (Lipinski definition) is 2. The highest BCUT2D eigenvalue weighted by Gasteiger charge is 2.40. The molecule has 0 bridgehead atoms. The van der Waals surface area contributed by atoms with Crippen LogP contribution in [0.3, 0.4) is 0 Å². The fraction of sp³-hybridized carbons (Fsp3) is 0.357. The van der Waals surface area contributed by atoms with Crippen molar-refractivity contribution in [3.63, 3.8) is 0 Å². The van der Waals surface area contributed by atoms with Crippen LogP contribution in [0.25, 0.3) is 0 Å². The highest BCUT2D eigenvalue weighted by Crippen LogP contribution is 2.27. The van der Waals surface area contributed by atoms with E-state index in [1.165, 1.54) is 6.33 Å². The van der Waals surface area contributed by atoms with Crippen LogP contribution in [0.2, 0.25) is 0 Å². The molecule has 1 heterocycles. The van der Waals surface area contributed by atoms with E-state index in [1.54, 1.807) is 16.8 Å². The van der Waals surface area contributed by atoms with Crippen molar-refractivity contribution in [3.8, 4) is 0 Å². The molecular weight excluding hydrogens is 256 g/mol. The maximum Gasteiger partial charge on any atom is 0.315 e. The molecule has 0 amide bonds. The van der Waals surface area contributed by atoms with Crippen molar-refractivity contribution in [1.82, 2.24) is 14.8 Å². The van der Waals surface area contributed by atoms with Gasteiger partial charge in [0, 0.05) is 19.5 Å². The zero-order chi connectivity index (χ0) is 14.6. The predicted molar refractivity (Wildman–Crippen MR) is 74.2 cm³/mol. The average molecular weight is 274 g/mol. The van der Waals surface area contributed by atoms with Crippen molar-refractivity contribution in [3.05, 3.63) is 48.0 Å². The number of benzene rings is 1. The van der Waals surface area contributed by atoms with Crippen molar-refractivity contribution >= 4 is 5.97 Å². The van der Waals surface area contributed by atoms with E-state index in [4.69, 9.17) is 5.73 Å². The normalized spacial score (nSPS) is 13.9. The summed E-state index contributed by atoms with van der Waals surface area (Å²) < 4.78 is 1.69. The summed E-state index contributed by atoms with van der Waals surface area (Å²) in [6.45, 7) is 2.58. The number of carbonyl (C=O) groups is 1. The summed E-state index contributed by atoms with van der Waals surface area (Å²) in [5, 5.41) is 13.8. The van der Waals surface area contributed by atoms with Gasteiger partial charge in [-0.1, -0.05) is 30.3 Å². The Kier molecular flexibility index (Phi) is 4.14. The lowest BCUT2D eigenvalue weighted by molar-refractivity contribution is -0.143. The minimum Gasteiger partial charge on any atom is -0.481 e. The summed E-state index contributed by atoms with van der Waals surface area (Å²) in [6.07, 6.45) is 1.66. The molecule has 0 aliphatic heterocycles. The molecule has 6 nitrogen and oxygen atoms in total. The molecule has 3 N–H and O–H groups in total. The van der Waals surface area contributed by atoms with Crippen molar-refractivity contribution in [1.29, 1.82) is 0 Å². The third-order valence-electron chi connectivity index (χ3n) is 3.54. The van der Waals surface area contributed by atoms with Gasteiger partial charge in [-0.25, -0.2) is 4.98 Å². The van der Waals surface area contributed by atoms with E-state index in [1.807, 2.05) is 25.1 Å². The number of hydrogen-bond acceptors (Lipinski definition) is 4. The molecule has 0 aliphatic carbocycles. The van der Waals surface area contributed by atoms with Gasteiger partial charge in [-0.2, -0.15) is 5.10 Å². The molecule has 106 valence electrons. The number of carboxylic acids is 1. The topological polar surface area (TPSA) is 94.0 Å². The van der Waals surface area contributed by atoms with E-state index in [-0.39, 0.29) is 13.0 Å². The van der Waals surface area contributed by atoms with Crippen LogP contribution in [0.5, 0.6) is 0 Å². The zero-order valence-electron chi connectivity index (χ0n) is 11.4. The monoisotopic (exact) mass is 274 g/mol. The molecule has 6 heteroatoms. The number of nitrogens with zero attached hydrogens (tertiary/aromatic N) is 3. The van der Waals surface area contributed by atoms with Crippen LogP contribution in [0.1, 0.15) is 18.3 Å². The molecular formula is C14H18N4O2. The Balaban J connectivity index is 2.46. The largest absolute Gasteiger partial charge is 0.481 e. The highest BCUT2D eigenvalue weighted by molar-refractivity contribution is 5.82. The van der Waals surface area contributed by atoms with E-state index >= 15 is 0 Å². The Morgan fingerprint density at radius 3 is 2.65 bits per heavy atom. The second-order valence-electron chi connectivity index (χ2n) is 4.63. The summed E-state index contributed by atoms with van der Waals surface area (Å²) in [6, 6.07) is 9.04. The van der Waals surface area contributed by atoms with E-state index in [0.29, 0.717) is 17.9 Å². The van der Waals surface area contributed by atoms with Gasteiger partial charge < -0.3 is 10.8 Å². The Morgan fingerprint density at radius 1 is 1.40 bits per heavy atom. The SMILES string of the molecule is CCn1ncnc1CC(CN)(C(=O)O)c1ccccc1. The number of carboxylic acid groups (broad SMARTS) is 1. The van der Waals surface area contributed by atoms with Crippen molar-refractivity contribution in [2.75, 3.05) is 6.54 Å². The molecule has 0 saturated carbocycles. The molecule has 0 fully saturated rings. The molecule has 2 rings (SSSR count). The summed E-state index contributed by atoms with van der Waals surface area (Å²) >= 11 is 0. The Hall–Kier alpha value is -2.21. The van der Waals surface area contributed by atoms with E-state index in [2.05, 4.69) is 10.1 Å². The minimum absolute atomic E-state index is 0.00290. The second kappa shape index (κ2) is 5.83. The van der Waals surface area contributed by atoms with Gasteiger partial charge in [0.2, 0.25) is 0 Å². The standard InChI is InChI=1S/C14H18N4O2/c1-2-18-12(16-10-17-18)8-14(9-15,13(19)20)11-6-4-3-5-7-11/h3-7,10H,2,8-9,15H2,1H3,(H,19,20). The van der Waals surface area contributed by atoms with Crippen LogP contribution < -0.4 is 5.73 Å². The van der Waals surface area contributed by atoms with Crippen LogP contribution in [-0.2, 0) is 23.2 Å². The second-order valence-corrected chi connectivity index (χ2v) is 4.63. The van der Waals surface area contributed by atoms with Crippen LogP contribution in [0, 0.1) is 0 Å². The smallest absolute Gasteiger partial charge is 0.315 e. The maximum absolute atomic E-state index is 11.8. The first kappa shape index (κ1) is 14.2. The Labute approximate surface area is 117 Å². The average Bonchev–Trinajstić information content (AvgIpc) is 2.92. The van der Waals surface area contributed by atoms with Crippen LogP contribution >= 0.6 is 0 Å². The third-order valence-corrected chi connectivity index (χ3v) is 3.54. The summed E-state index contributed by atoms with van der Waals surface area (Å²) in [5.41, 5.74) is 5.31. The molecule has 1 aromatic heterocycles. The molecule has 20 heavy (non-hydrogen) atoms. The molecule has 1 unspecified atom stereocenters. The van der Waals surface area contributed by atoms with E-state index in [0.717, 1.165) is 0 Å². The van der Waals surface area contributed by atoms with Crippen LogP contribution in [0.4, 0.5) is 0 Å². The van der Waals surface area contributed by atoms with Crippen LogP contribution in [-0.4, -0.2) is 32.4 Å². The number of aryl methyl sites for hydroxylation is 1. The lowest BCUT2D eigenvalue weighted by atomic mass is 9.77. The number of aromatic nitrogens is 3. The first-order valence-electron chi connectivity index (χ1n) is 6.49. The number of nitrogens with two attached hydrogens (primary N) is 1. The fourth-order valence-corrected chi connectivity index (χ4v) is 2.29. The first-order chi connectivity index (χ1) is 9.64. The maximum atomic E-state index is 11.8. The van der Waals surface area contributed by atoms with Crippen LogP contribution in [0.15, 0.2) is 36.7 Å². The van der Waals surface area contributed by atoms with Gasteiger partial charge >= 0.3 is 5.97 Å². The zero-order valence-corrected chi connectivity index (χ0v) is 11.4. The van der Waals surface area contributed by atoms with Crippen molar-refractivity contribution in [2.45, 2.75) is 25.3 Å². The summed E-state index contributed by atoms with van der Waals surface area (Å²) in [5.74, 6) is -0.318. The van der Waals surface area contributed by atoms with Gasteiger partial charge in [0.25, 0.3) is 0 Å². The highest BCUT2D eigenvalue weighted by atomic mass is 16.4. The third kappa shape index (κ3) is 2.42. The molecule has 0 aliphatic rings. The van der Waals surface area contributed by atoms with Crippen molar-refractivity contribution < 1.29 is 9.90 Å². The first-order valence-corrected chi connectivity index (χ1v) is 6.49. The van der Waals surface area contributed by atoms with Gasteiger partial charge in [0.1, 0.15) is 17.6 Å². The van der Waals surface area contributed by atoms with Gasteiger partial charge in [0.15, 0.2) is 0 Å². The summed E-state index contributed by atoms with van der Waals surface area (Å²) in [4.78, 5) is 16.0. The molecule has 1 aromatic carbocycles. The number of aliphatic carboxylic acids is 1. The lowest BCUT2D eigenvalue weighted by Crippen LogP contribution is -2.45. The number of rotatable bonds is 6. The van der Waals surface area contributed by atoms with E-state index < -0.39 is 11.4 Å². The Morgan fingerprint density at radius 2 is 2.10 bits per heavy atom. The fourth-order valence-electron chi connectivity index (χ4n) is 2.29. The molecule has 2 aromatic rings. The quantitative estimate of drug-likeness (QED) is 0.813. The summed E-state index contributed by atoms with van der Waals surface area (Å²) in [7, 11) is 0. The van der Waals surface area contributed by atoms with Gasteiger partial charge in [-0.05, 0) is 12.5 Å². The molecule has 0 saturated heterocycles. The molecule has 1 atom stereocenters. The predicted octanol–water partition coefficient (Wildman–Crippen LogP) is 0.822. The van der Waals surface area contributed by atoms with Gasteiger partial charge in [0.05, 0.1) is 0 Å². The Bertz CT molecular complexity index is 582. The van der Waals surface area contributed by atoms with Gasteiger partial charge in [-0.15, -0.1) is 0 Å². The van der Waals surface area contributed by atoms with E-state index in [9.17, 15) is 9.90 Å². The van der Waals surface area contributed by atoms with Crippen molar-refractivity contribution in [2.24, 2.45) is 5.73 Å². The molecule has 0 radical (unpaired) electrons.